The van der Waals surface area contributed by atoms with E-state index in [1.54, 1.807) is 0 Å². The van der Waals surface area contributed by atoms with Gasteiger partial charge in [-0.1, -0.05) is 36.4 Å². The number of hydrogen-bond donors (Lipinski definition) is 2. The predicted octanol–water partition coefficient (Wildman–Crippen LogP) is 2.92. The maximum Gasteiger partial charge on any atom is 0.122 e. The molecular formula is C16H19N3. The lowest BCUT2D eigenvalue weighted by molar-refractivity contribution is 0.914. The van der Waals surface area contributed by atoms with E-state index in [9.17, 15) is 0 Å². The summed E-state index contributed by atoms with van der Waals surface area (Å²) in [5, 5.41) is 7.49. The molecule has 0 amide bonds. The molecule has 98 valence electrons. The van der Waals surface area contributed by atoms with Crippen LogP contribution in [0.15, 0.2) is 48.5 Å². The van der Waals surface area contributed by atoms with Crippen molar-refractivity contribution in [2.45, 2.75) is 13.5 Å². The molecule has 0 fully saturated rings. The second-order valence-electron chi connectivity index (χ2n) is 4.75. The standard InChI is InChI=1S/C16H19N3/c1-12-6-3-4-7-14(12)11-19(2)15-9-5-8-13(10-15)16(17)18/h3-10H,11H2,1-2H3,(H3,17,18). The smallest absolute Gasteiger partial charge is 0.122 e. The monoisotopic (exact) mass is 253 g/mol. The van der Waals surface area contributed by atoms with Gasteiger partial charge in [-0.2, -0.15) is 0 Å². The number of nitrogens with two attached hydrogens (primary N) is 1. The van der Waals surface area contributed by atoms with Gasteiger partial charge in [-0.05, 0) is 30.2 Å². The number of anilines is 1. The minimum Gasteiger partial charge on any atom is -0.384 e. The summed E-state index contributed by atoms with van der Waals surface area (Å²) in [6, 6.07) is 16.1. The highest BCUT2D eigenvalue weighted by Gasteiger charge is 2.05. The average Bonchev–Trinajstić information content (AvgIpc) is 2.41. The second-order valence-corrected chi connectivity index (χ2v) is 4.75. The number of nitrogens with one attached hydrogen (secondary N) is 1. The van der Waals surface area contributed by atoms with Crippen LogP contribution in [-0.4, -0.2) is 12.9 Å². The first-order chi connectivity index (χ1) is 9.08. The molecule has 0 aromatic heterocycles. The van der Waals surface area contributed by atoms with Crippen molar-refractivity contribution in [3.05, 3.63) is 65.2 Å². The van der Waals surface area contributed by atoms with E-state index in [1.165, 1.54) is 11.1 Å². The molecule has 0 spiro atoms. The highest BCUT2D eigenvalue weighted by Crippen LogP contribution is 2.18. The zero-order chi connectivity index (χ0) is 13.8. The van der Waals surface area contributed by atoms with Gasteiger partial charge in [-0.3, -0.25) is 5.41 Å². The topological polar surface area (TPSA) is 53.1 Å². The van der Waals surface area contributed by atoms with Crippen molar-refractivity contribution in [1.29, 1.82) is 5.41 Å². The van der Waals surface area contributed by atoms with Crippen LogP contribution in [0.25, 0.3) is 0 Å². The lowest BCUT2D eigenvalue weighted by Crippen LogP contribution is -2.18. The van der Waals surface area contributed by atoms with Gasteiger partial charge in [-0.25, -0.2) is 0 Å². The van der Waals surface area contributed by atoms with E-state index < -0.39 is 0 Å². The summed E-state index contributed by atoms with van der Waals surface area (Å²) in [7, 11) is 2.05. The van der Waals surface area contributed by atoms with E-state index in [-0.39, 0.29) is 5.84 Å². The number of rotatable bonds is 4. The van der Waals surface area contributed by atoms with Crippen LogP contribution in [0, 0.1) is 12.3 Å². The Hall–Kier alpha value is -2.29. The largest absolute Gasteiger partial charge is 0.384 e. The van der Waals surface area contributed by atoms with Crippen molar-refractivity contribution in [2.75, 3.05) is 11.9 Å². The van der Waals surface area contributed by atoms with Crippen molar-refractivity contribution >= 4 is 11.5 Å². The van der Waals surface area contributed by atoms with Gasteiger partial charge in [0.1, 0.15) is 5.84 Å². The molecule has 0 aliphatic carbocycles. The predicted molar refractivity (Wildman–Crippen MR) is 80.7 cm³/mol. The molecule has 19 heavy (non-hydrogen) atoms. The van der Waals surface area contributed by atoms with Crippen molar-refractivity contribution < 1.29 is 0 Å². The lowest BCUT2D eigenvalue weighted by Gasteiger charge is -2.21. The molecule has 0 heterocycles. The fourth-order valence-corrected chi connectivity index (χ4v) is 2.05. The molecule has 2 aromatic rings. The Morgan fingerprint density at radius 3 is 2.58 bits per heavy atom. The molecule has 0 saturated heterocycles. The van der Waals surface area contributed by atoms with E-state index in [0.717, 1.165) is 17.8 Å². The Bertz CT molecular complexity index is 590. The van der Waals surface area contributed by atoms with Crippen molar-refractivity contribution in [3.8, 4) is 0 Å². The Morgan fingerprint density at radius 2 is 1.89 bits per heavy atom. The Morgan fingerprint density at radius 1 is 1.16 bits per heavy atom. The molecule has 3 heteroatoms. The van der Waals surface area contributed by atoms with Gasteiger partial charge in [0.25, 0.3) is 0 Å². The third-order valence-corrected chi connectivity index (χ3v) is 3.27. The maximum absolute atomic E-state index is 7.49. The highest BCUT2D eigenvalue weighted by molar-refractivity contribution is 5.95. The molecule has 0 bridgehead atoms. The maximum atomic E-state index is 7.49. The third-order valence-electron chi connectivity index (χ3n) is 3.27. The quantitative estimate of drug-likeness (QED) is 0.650. The molecule has 2 aromatic carbocycles. The molecule has 0 atom stereocenters. The number of nitrogens with zero attached hydrogens (tertiary/aromatic N) is 1. The van der Waals surface area contributed by atoms with Crippen LogP contribution in [0.2, 0.25) is 0 Å². The lowest BCUT2D eigenvalue weighted by atomic mass is 10.1. The minimum atomic E-state index is 0.103. The van der Waals surface area contributed by atoms with Crippen LogP contribution in [0.1, 0.15) is 16.7 Å². The molecule has 2 rings (SSSR count). The fraction of sp³-hybridized carbons (Fsp3) is 0.188. The van der Waals surface area contributed by atoms with Crippen molar-refractivity contribution in [3.63, 3.8) is 0 Å². The van der Waals surface area contributed by atoms with Gasteiger partial charge in [0, 0.05) is 24.8 Å². The van der Waals surface area contributed by atoms with Gasteiger partial charge in [0.2, 0.25) is 0 Å². The van der Waals surface area contributed by atoms with Crippen LogP contribution in [0.5, 0.6) is 0 Å². The molecule has 0 radical (unpaired) electrons. The normalized spacial score (nSPS) is 10.2. The SMILES string of the molecule is Cc1ccccc1CN(C)c1cccc(C(=N)N)c1. The van der Waals surface area contributed by atoms with Crippen LogP contribution in [0.3, 0.4) is 0 Å². The van der Waals surface area contributed by atoms with Crippen LogP contribution < -0.4 is 10.6 Å². The number of benzene rings is 2. The second kappa shape index (κ2) is 5.57. The summed E-state index contributed by atoms with van der Waals surface area (Å²) < 4.78 is 0. The van der Waals surface area contributed by atoms with E-state index in [4.69, 9.17) is 11.1 Å². The summed E-state index contributed by atoms with van der Waals surface area (Å²) in [5.74, 6) is 0.103. The Labute approximate surface area is 114 Å². The van der Waals surface area contributed by atoms with Gasteiger partial charge >= 0.3 is 0 Å². The van der Waals surface area contributed by atoms with E-state index >= 15 is 0 Å². The summed E-state index contributed by atoms with van der Waals surface area (Å²) >= 11 is 0. The van der Waals surface area contributed by atoms with Crippen molar-refractivity contribution in [1.82, 2.24) is 0 Å². The molecular weight excluding hydrogens is 234 g/mol. The van der Waals surface area contributed by atoms with E-state index in [0.29, 0.717) is 0 Å². The first kappa shape index (κ1) is 13.1. The molecule has 0 aliphatic rings. The zero-order valence-electron chi connectivity index (χ0n) is 11.4. The van der Waals surface area contributed by atoms with Gasteiger partial charge in [0.15, 0.2) is 0 Å². The number of hydrogen-bond acceptors (Lipinski definition) is 2. The zero-order valence-corrected chi connectivity index (χ0v) is 11.4. The van der Waals surface area contributed by atoms with E-state index in [1.807, 2.05) is 31.3 Å². The average molecular weight is 253 g/mol. The summed E-state index contributed by atoms with van der Waals surface area (Å²) in [4.78, 5) is 2.16. The summed E-state index contributed by atoms with van der Waals surface area (Å²) in [6.45, 7) is 2.96. The first-order valence-corrected chi connectivity index (χ1v) is 6.28. The molecule has 0 saturated carbocycles. The van der Waals surface area contributed by atoms with Gasteiger partial charge in [-0.15, -0.1) is 0 Å². The molecule has 0 aliphatic heterocycles. The highest BCUT2D eigenvalue weighted by atomic mass is 15.1. The molecule has 3 N–H and O–H groups in total. The Kier molecular flexibility index (Phi) is 3.85. The summed E-state index contributed by atoms with van der Waals surface area (Å²) in [5.41, 5.74) is 9.94. The third kappa shape index (κ3) is 3.13. The number of nitrogen functional groups attached to an aromatic ring is 1. The van der Waals surface area contributed by atoms with Crippen LogP contribution in [0.4, 0.5) is 5.69 Å². The fourth-order valence-electron chi connectivity index (χ4n) is 2.05. The first-order valence-electron chi connectivity index (χ1n) is 6.28. The van der Waals surface area contributed by atoms with Crippen molar-refractivity contribution in [2.24, 2.45) is 5.73 Å². The number of amidine groups is 1. The summed E-state index contributed by atoms with van der Waals surface area (Å²) in [6.07, 6.45) is 0. The number of aryl methyl sites for hydroxylation is 1. The van der Waals surface area contributed by atoms with Gasteiger partial charge in [0.05, 0.1) is 0 Å². The van der Waals surface area contributed by atoms with Crippen LogP contribution in [-0.2, 0) is 6.54 Å². The minimum absolute atomic E-state index is 0.103. The van der Waals surface area contributed by atoms with Gasteiger partial charge < -0.3 is 10.6 Å². The Balaban J connectivity index is 2.20. The molecule has 0 unspecified atom stereocenters. The van der Waals surface area contributed by atoms with E-state index in [2.05, 4.69) is 36.1 Å². The van der Waals surface area contributed by atoms with Crippen LogP contribution >= 0.6 is 0 Å². The molecule has 3 nitrogen and oxygen atoms in total.